The molecule has 2 saturated heterocycles. The standard InChI is InChI=1S/C65H107ClF3N11O11/c1-14-41(7)55-62(90)75(10)37-53(83)74(9)38-54(84)77(12)50(35-43-22-17-16-18-23-43)61(89)79(15-2)36-51(81)71-47(28-26-44-25-27-45(46(66)34-44)65(67,68)69)60(88)80-31-21-24-48(80)58(86)73-64(29-19-20-30-64)63(91)78(13)56(40(5)6)59(87)70-42(8)33-52(82)76(11)49(32-39(3)4)57(85)72-55/h39-50,55-56H,14-38H2,1-13H3,(H,70,87)(H,71,81)(H,72,85)(H,73,86)/t41-,42+,44?,45?,46?,47-,48-,49-,50-,55-,56-/m0/s1. The van der Waals surface area contributed by atoms with Crippen LogP contribution in [-0.4, -0.2) is 227 Å². The Kier molecular flexibility index (Phi) is 28.3. The fourth-order valence-corrected chi connectivity index (χ4v) is 14.7. The Balaban J connectivity index is 1.54. The summed E-state index contributed by atoms with van der Waals surface area (Å²) in [6.07, 6.45) is 2.91. The van der Waals surface area contributed by atoms with Crippen molar-refractivity contribution in [2.45, 2.75) is 243 Å². The molecule has 5 rings (SSSR count). The van der Waals surface area contributed by atoms with E-state index in [1.54, 1.807) is 34.6 Å². The van der Waals surface area contributed by atoms with Gasteiger partial charge in [-0.3, -0.25) is 52.7 Å². The molecule has 26 heteroatoms. The van der Waals surface area contributed by atoms with E-state index in [4.69, 9.17) is 11.6 Å². The van der Waals surface area contributed by atoms with Gasteiger partial charge in [0.25, 0.3) is 0 Å². The van der Waals surface area contributed by atoms with E-state index in [0.29, 0.717) is 25.7 Å². The first-order valence-electron chi connectivity index (χ1n) is 33.5. The second-order valence-corrected chi connectivity index (χ2v) is 28.4. The first kappa shape index (κ1) is 76.0. The summed E-state index contributed by atoms with van der Waals surface area (Å²) >= 11 is 6.37. The molecule has 0 bridgehead atoms. The Labute approximate surface area is 542 Å². The maximum Gasteiger partial charge on any atom is 0.393 e. The van der Waals surface area contributed by atoms with Crippen molar-refractivity contribution in [1.82, 2.24) is 55.6 Å². The highest BCUT2D eigenvalue weighted by Gasteiger charge is 2.51. The van der Waals surface area contributed by atoms with Crippen LogP contribution in [0.2, 0.25) is 0 Å². The maximum atomic E-state index is 15.1. The Hall–Kier alpha value is -5.75. The molecule has 4 N–H and O–H groups in total. The van der Waals surface area contributed by atoms with Crippen LogP contribution in [0.3, 0.4) is 0 Å². The number of fused-ring (bicyclic) bond motifs is 1. The SMILES string of the molecule is CC[C@H](C)[C@@H]1NC(=O)[C@H](CC(C)C)N(C)C(=O)C[C@@H](C)NC(=O)[C@H](C(C)C)N(C)C(=O)C2(CCCC2)NC(=O)[C@@H]2CCCN2C(=O)[C@H](CCC2CCC(C(F)(F)F)C(Cl)C2)NC(=O)CN(CC)C(=O)[C@H](CC2CCCCC2)N(C)C(=O)CN(C)C(=O)CN(C)C1=O. The lowest BCUT2D eigenvalue weighted by molar-refractivity contribution is -0.182. The van der Waals surface area contributed by atoms with Crippen molar-refractivity contribution < 1.29 is 65.9 Å². The molecule has 91 heavy (non-hydrogen) atoms. The van der Waals surface area contributed by atoms with Gasteiger partial charge in [0.1, 0.15) is 41.8 Å². The molecule has 0 aromatic heterocycles. The number of amides is 11. The summed E-state index contributed by atoms with van der Waals surface area (Å²) in [7, 11) is 7.25. The van der Waals surface area contributed by atoms with Crippen LogP contribution in [-0.2, 0) is 52.7 Å². The molecular weight excluding hydrogens is 1200 g/mol. The number of carbonyl (C=O) groups excluding carboxylic acids is 11. The predicted molar refractivity (Wildman–Crippen MR) is 338 cm³/mol. The van der Waals surface area contributed by atoms with Crippen molar-refractivity contribution in [3.05, 3.63) is 0 Å². The van der Waals surface area contributed by atoms with Crippen LogP contribution in [0.5, 0.6) is 0 Å². The molecule has 0 radical (unpaired) electrons. The summed E-state index contributed by atoms with van der Waals surface area (Å²) < 4.78 is 41.8. The van der Waals surface area contributed by atoms with Gasteiger partial charge in [0, 0.05) is 66.2 Å². The molecule has 5 fully saturated rings. The predicted octanol–water partition coefficient (Wildman–Crippen LogP) is 5.62. The number of hydrogen-bond donors (Lipinski definition) is 4. The van der Waals surface area contributed by atoms with E-state index >= 15 is 9.59 Å². The molecule has 2 aliphatic heterocycles. The molecule has 11 atom stereocenters. The zero-order chi connectivity index (χ0) is 68.0. The molecule has 11 amide bonds. The van der Waals surface area contributed by atoms with E-state index in [9.17, 15) is 56.3 Å². The minimum absolute atomic E-state index is 0.00339. The van der Waals surface area contributed by atoms with Gasteiger partial charge in [0.15, 0.2) is 0 Å². The number of nitrogens with zero attached hydrogens (tertiary/aromatic N) is 7. The highest BCUT2D eigenvalue weighted by molar-refractivity contribution is 6.20. The maximum absolute atomic E-state index is 15.1. The van der Waals surface area contributed by atoms with Gasteiger partial charge >= 0.3 is 6.18 Å². The van der Waals surface area contributed by atoms with Crippen molar-refractivity contribution in [2.75, 3.05) is 68.0 Å². The Morgan fingerprint density at radius 3 is 1.84 bits per heavy atom. The quantitative estimate of drug-likeness (QED) is 0.185. The Morgan fingerprint density at radius 1 is 0.626 bits per heavy atom. The Morgan fingerprint density at radius 2 is 1.25 bits per heavy atom. The van der Waals surface area contributed by atoms with E-state index in [1.807, 2.05) is 20.8 Å². The number of rotatable bonds is 11. The number of halogens is 4. The number of nitrogens with one attached hydrogen (secondary N) is 4. The van der Waals surface area contributed by atoms with Gasteiger partial charge in [-0.25, -0.2) is 0 Å². The van der Waals surface area contributed by atoms with Crippen LogP contribution in [0.4, 0.5) is 13.2 Å². The van der Waals surface area contributed by atoms with E-state index in [-0.39, 0.29) is 101 Å². The molecule has 5 aliphatic rings. The van der Waals surface area contributed by atoms with Gasteiger partial charge in [-0.05, 0) is 114 Å². The van der Waals surface area contributed by atoms with Crippen molar-refractivity contribution >= 4 is 76.6 Å². The zero-order valence-corrected chi connectivity index (χ0v) is 57.1. The fourth-order valence-electron chi connectivity index (χ4n) is 14.2. The number of alkyl halides is 4. The molecule has 0 aromatic rings. The number of likely N-dealkylation sites (N-methyl/N-ethyl adjacent to an activating group) is 6. The first-order valence-corrected chi connectivity index (χ1v) is 33.9. The third kappa shape index (κ3) is 20.1. The minimum atomic E-state index is -4.49. The molecule has 2 heterocycles. The fraction of sp³-hybridized carbons (Fsp3) is 0.831. The van der Waals surface area contributed by atoms with Crippen molar-refractivity contribution in [3.63, 3.8) is 0 Å². The molecule has 22 nitrogen and oxygen atoms in total. The third-order valence-electron chi connectivity index (χ3n) is 20.0. The Bertz CT molecular complexity index is 2570. The van der Waals surface area contributed by atoms with Gasteiger partial charge in [-0.2, -0.15) is 13.2 Å². The molecule has 3 aliphatic carbocycles. The normalized spacial score (nSPS) is 29.7. The van der Waals surface area contributed by atoms with E-state index < -0.39 is 162 Å². The first-order chi connectivity index (χ1) is 42.7. The zero-order valence-electron chi connectivity index (χ0n) is 56.4. The van der Waals surface area contributed by atoms with Crippen LogP contribution in [0.15, 0.2) is 0 Å². The summed E-state index contributed by atoms with van der Waals surface area (Å²) in [6.45, 7) is 12.8. The van der Waals surface area contributed by atoms with Crippen LogP contribution < -0.4 is 21.3 Å². The van der Waals surface area contributed by atoms with Crippen LogP contribution >= 0.6 is 11.6 Å². The van der Waals surface area contributed by atoms with Crippen LogP contribution in [0.25, 0.3) is 0 Å². The van der Waals surface area contributed by atoms with Gasteiger partial charge in [-0.1, -0.05) is 92.9 Å². The summed E-state index contributed by atoms with van der Waals surface area (Å²) in [6, 6.07) is -7.57. The molecular formula is C65H107ClF3N11O11. The van der Waals surface area contributed by atoms with Crippen molar-refractivity contribution in [1.29, 1.82) is 0 Å². The van der Waals surface area contributed by atoms with Gasteiger partial charge in [0.05, 0.1) is 25.6 Å². The molecule has 3 saturated carbocycles. The molecule has 516 valence electrons. The van der Waals surface area contributed by atoms with E-state index in [2.05, 4.69) is 21.3 Å². The minimum Gasteiger partial charge on any atom is -0.351 e. The molecule has 3 unspecified atom stereocenters. The lowest BCUT2D eigenvalue weighted by atomic mass is 9.78. The van der Waals surface area contributed by atoms with Gasteiger partial charge in [0.2, 0.25) is 65.0 Å². The average molecular weight is 1310 g/mol. The van der Waals surface area contributed by atoms with Gasteiger partial charge < -0.3 is 55.6 Å². The van der Waals surface area contributed by atoms with Crippen molar-refractivity contribution in [3.8, 4) is 0 Å². The van der Waals surface area contributed by atoms with Crippen LogP contribution in [0.1, 0.15) is 184 Å². The average Bonchev–Trinajstić information content (AvgIpc) is 1.81. The summed E-state index contributed by atoms with van der Waals surface area (Å²) in [4.78, 5) is 169. The third-order valence-corrected chi connectivity index (χ3v) is 20.5. The molecule has 0 aromatic carbocycles. The van der Waals surface area contributed by atoms with Gasteiger partial charge in [-0.15, -0.1) is 11.6 Å². The smallest absolute Gasteiger partial charge is 0.351 e. The summed E-state index contributed by atoms with van der Waals surface area (Å²) in [5.74, 6) is -9.51. The topological polar surface area (TPSA) is 259 Å². The van der Waals surface area contributed by atoms with E-state index in [1.165, 1.54) is 64.6 Å². The second kappa shape index (κ2) is 33.9. The largest absolute Gasteiger partial charge is 0.393 e. The molecule has 1 spiro atoms. The second-order valence-electron chi connectivity index (χ2n) is 27.8. The number of carbonyl (C=O) groups is 11. The lowest BCUT2D eigenvalue weighted by Gasteiger charge is -2.39. The lowest BCUT2D eigenvalue weighted by Crippen LogP contribution is -2.64. The van der Waals surface area contributed by atoms with Crippen LogP contribution in [0, 0.1) is 35.5 Å². The van der Waals surface area contributed by atoms with Crippen molar-refractivity contribution in [2.24, 2.45) is 35.5 Å². The number of hydrogen-bond acceptors (Lipinski definition) is 11. The summed E-state index contributed by atoms with van der Waals surface area (Å²) in [5, 5.41) is 10.5. The summed E-state index contributed by atoms with van der Waals surface area (Å²) in [5.41, 5.74) is -1.48. The highest BCUT2D eigenvalue weighted by atomic mass is 35.5. The van der Waals surface area contributed by atoms with E-state index in [0.717, 1.165) is 37.0 Å². The monoisotopic (exact) mass is 1310 g/mol. The highest BCUT2D eigenvalue weighted by Crippen LogP contribution is 2.44.